The lowest BCUT2D eigenvalue weighted by Gasteiger charge is -2.22. The van der Waals surface area contributed by atoms with Crippen LogP contribution in [0.3, 0.4) is 0 Å². The van der Waals surface area contributed by atoms with Crippen LogP contribution in [-0.4, -0.2) is 15.1 Å². The number of aliphatic hydroxyl groups is 1. The summed E-state index contributed by atoms with van der Waals surface area (Å²) in [6.07, 6.45) is 3.13. The first-order valence-electron chi connectivity index (χ1n) is 6.61. The zero-order chi connectivity index (χ0) is 14.8. The van der Waals surface area contributed by atoms with E-state index in [1.165, 1.54) is 5.56 Å². The predicted molar refractivity (Wildman–Crippen MR) is 77.9 cm³/mol. The third-order valence-electron chi connectivity index (χ3n) is 3.01. The van der Waals surface area contributed by atoms with E-state index in [0.717, 1.165) is 11.3 Å². The van der Waals surface area contributed by atoms with Gasteiger partial charge in [0.25, 0.3) is 0 Å². The van der Waals surface area contributed by atoms with Gasteiger partial charge in [-0.2, -0.15) is 0 Å². The van der Waals surface area contributed by atoms with Crippen molar-refractivity contribution in [1.82, 2.24) is 9.97 Å². The highest BCUT2D eigenvalue weighted by Gasteiger charge is 2.20. The van der Waals surface area contributed by atoms with Crippen LogP contribution in [0.25, 0.3) is 0 Å². The monoisotopic (exact) mass is 272 g/mol. The minimum absolute atomic E-state index is 0.0214. The number of ether oxygens (including phenoxy) is 1. The fourth-order valence-corrected chi connectivity index (χ4v) is 1.89. The van der Waals surface area contributed by atoms with Gasteiger partial charge in [-0.1, -0.05) is 38.5 Å². The molecule has 2 rings (SSSR count). The maximum Gasteiger partial charge on any atom is 0.321 e. The second-order valence-corrected chi connectivity index (χ2v) is 5.88. The molecule has 4 nitrogen and oxygen atoms in total. The first-order chi connectivity index (χ1) is 9.40. The van der Waals surface area contributed by atoms with Gasteiger partial charge in [-0.25, -0.2) is 9.97 Å². The summed E-state index contributed by atoms with van der Waals surface area (Å²) in [5.41, 5.74) is 2.95. The van der Waals surface area contributed by atoms with Gasteiger partial charge in [0.15, 0.2) is 0 Å². The Bertz CT molecular complexity index is 586. The van der Waals surface area contributed by atoms with Crippen molar-refractivity contribution in [1.29, 1.82) is 0 Å². The average molecular weight is 272 g/mol. The first-order valence-corrected chi connectivity index (χ1v) is 6.61. The third-order valence-corrected chi connectivity index (χ3v) is 3.01. The Morgan fingerprint density at radius 3 is 2.35 bits per heavy atom. The van der Waals surface area contributed by atoms with E-state index in [9.17, 15) is 0 Å². The zero-order valence-corrected chi connectivity index (χ0v) is 12.3. The first kappa shape index (κ1) is 14.5. The maximum atomic E-state index is 8.98. The second-order valence-electron chi connectivity index (χ2n) is 5.88. The summed E-state index contributed by atoms with van der Waals surface area (Å²) in [4.78, 5) is 8.19. The van der Waals surface area contributed by atoms with Crippen LogP contribution in [0.4, 0.5) is 0 Å². The number of aryl methyl sites for hydroxylation is 1. The average Bonchev–Trinajstić information content (AvgIpc) is 2.40. The van der Waals surface area contributed by atoms with Crippen LogP contribution < -0.4 is 4.74 Å². The molecule has 0 saturated heterocycles. The van der Waals surface area contributed by atoms with Crippen LogP contribution in [0, 0.1) is 6.92 Å². The molecule has 0 spiro atoms. The molecular weight excluding hydrogens is 252 g/mol. The molecule has 20 heavy (non-hydrogen) atoms. The normalized spacial score (nSPS) is 11.4. The van der Waals surface area contributed by atoms with E-state index < -0.39 is 0 Å². The molecule has 106 valence electrons. The number of nitrogens with zero attached hydrogens (tertiary/aromatic N) is 2. The third kappa shape index (κ3) is 3.33. The highest BCUT2D eigenvalue weighted by Crippen LogP contribution is 2.33. The topological polar surface area (TPSA) is 55.2 Å². The van der Waals surface area contributed by atoms with Gasteiger partial charge in [0.05, 0.1) is 6.61 Å². The van der Waals surface area contributed by atoms with E-state index in [1.54, 1.807) is 12.4 Å². The molecule has 0 amide bonds. The summed E-state index contributed by atoms with van der Waals surface area (Å²) in [6.45, 7) is 8.42. The van der Waals surface area contributed by atoms with Crippen molar-refractivity contribution in [3.8, 4) is 11.8 Å². The Morgan fingerprint density at radius 1 is 1.15 bits per heavy atom. The Morgan fingerprint density at radius 2 is 1.80 bits per heavy atom. The van der Waals surface area contributed by atoms with Gasteiger partial charge < -0.3 is 9.84 Å². The molecule has 0 atom stereocenters. The van der Waals surface area contributed by atoms with Gasteiger partial charge in [-0.15, -0.1) is 0 Å². The van der Waals surface area contributed by atoms with Crippen molar-refractivity contribution < 1.29 is 9.84 Å². The molecule has 0 fully saturated rings. The van der Waals surface area contributed by atoms with Gasteiger partial charge in [0, 0.05) is 23.5 Å². The lowest BCUT2D eigenvalue weighted by atomic mass is 9.85. The van der Waals surface area contributed by atoms with Crippen LogP contribution in [0.2, 0.25) is 0 Å². The van der Waals surface area contributed by atoms with Gasteiger partial charge in [-0.05, 0) is 18.4 Å². The Balaban J connectivity index is 2.32. The molecule has 4 heteroatoms. The van der Waals surface area contributed by atoms with Crippen molar-refractivity contribution in [2.75, 3.05) is 0 Å². The largest absolute Gasteiger partial charge is 0.424 e. The van der Waals surface area contributed by atoms with E-state index in [-0.39, 0.29) is 18.0 Å². The molecule has 0 aliphatic rings. The molecule has 0 saturated carbocycles. The summed E-state index contributed by atoms with van der Waals surface area (Å²) in [5.74, 6) is 0.764. The Hall–Kier alpha value is -1.94. The van der Waals surface area contributed by atoms with Crippen molar-refractivity contribution >= 4 is 0 Å². The fraction of sp³-hybridized carbons (Fsp3) is 0.375. The summed E-state index contributed by atoms with van der Waals surface area (Å²) in [5, 5.41) is 8.98. The van der Waals surface area contributed by atoms with Crippen molar-refractivity contribution in [2.45, 2.75) is 39.7 Å². The van der Waals surface area contributed by atoms with E-state index in [0.29, 0.717) is 5.56 Å². The molecule has 0 unspecified atom stereocenters. The van der Waals surface area contributed by atoms with E-state index >= 15 is 0 Å². The Labute approximate surface area is 119 Å². The second kappa shape index (κ2) is 5.59. The fourth-order valence-electron chi connectivity index (χ4n) is 1.89. The lowest BCUT2D eigenvalue weighted by molar-refractivity contribution is 0.280. The van der Waals surface area contributed by atoms with Crippen LogP contribution in [-0.2, 0) is 12.0 Å². The number of hydrogen-bond acceptors (Lipinski definition) is 4. The summed E-state index contributed by atoms with van der Waals surface area (Å²) in [7, 11) is 0. The summed E-state index contributed by atoms with van der Waals surface area (Å²) >= 11 is 0. The summed E-state index contributed by atoms with van der Waals surface area (Å²) in [6, 6.07) is 6.36. The van der Waals surface area contributed by atoms with E-state index in [1.807, 2.05) is 12.1 Å². The maximum absolute atomic E-state index is 8.98. The highest BCUT2D eigenvalue weighted by molar-refractivity contribution is 5.42. The smallest absolute Gasteiger partial charge is 0.321 e. The molecule has 0 radical (unpaired) electrons. The number of aliphatic hydroxyl groups excluding tert-OH is 1. The number of benzene rings is 1. The van der Waals surface area contributed by atoms with E-state index in [4.69, 9.17) is 9.84 Å². The standard InChI is InChI=1S/C16H20N2O2/c1-11-5-6-14(13(7-11)16(2,3)4)20-15-17-8-12(10-19)9-18-15/h5-9,19H,10H2,1-4H3. The van der Waals surface area contributed by atoms with Crippen LogP contribution in [0.5, 0.6) is 11.8 Å². The molecule has 0 bridgehead atoms. The van der Waals surface area contributed by atoms with Crippen molar-refractivity contribution in [3.05, 3.63) is 47.3 Å². The van der Waals surface area contributed by atoms with Crippen LogP contribution >= 0.6 is 0 Å². The molecule has 2 aromatic rings. The summed E-state index contributed by atoms with van der Waals surface area (Å²) < 4.78 is 5.79. The minimum Gasteiger partial charge on any atom is -0.424 e. The highest BCUT2D eigenvalue weighted by atomic mass is 16.5. The van der Waals surface area contributed by atoms with Crippen molar-refractivity contribution in [2.24, 2.45) is 0 Å². The molecule has 1 aromatic carbocycles. The van der Waals surface area contributed by atoms with E-state index in [2.05, 4.69) is 43.7 Å². The van der Waals surface area contributed by atoms with Gasteiger partial charge in [-0.3, -0.25) is 0 Å². The van der Waals surface area contributed by atoms with Crippen LogP contribution in [0.1, 0.15) is 37.5 Å². The number of rotatable bonds is 3. The van der Waals surface area contributed by atoms with Gasteiger partial charge >= 0.3 is 6.01 Å². The molecule has 0 aliphatic carbocycles. The molecule has 1 heterocycles. The number of hydrogen-bond donors (Lipinski definition) is 1. The SMILES string of the molecule is Cc1ccc(Oc2ncc(CO)cn2)c(C(C)(C)C)c1. The van der Waals surface area contributed by atoms with Gasteiger partial charge in [0.1, 0.15) is 5.75 Å². The zero-order valence-electron chi connectivity index (χ0n) is 12.3. The quantitative estimate of drug-likeness (QED) is 0.930. The molecule has 0 aliphatic heterocycles. The van der Waals surface area contributed by atoms with Crippen LogP contribution in [0.15, 0.2) is 30.6 Å². The molecule has 1 N–H and O–H groups in total. The number of aromatic nitrogens is 2. The lowest BCUT2D eigenvalue weighted by Crippen LogP contribution is -2.13. The Kier molecular flexibility index (Phi) is 4.04. The minimum atomic E-state index is -0.0714. The molecular formula is C16H20N2O2. The van der Waals surface area contributed by atoms with Crippen molar-refractivity contribution in [3.63, 3.8) is 0 Å². The van der Waals surface area contributed by atoms with Gasteiger partial charge in [0.2, 0.25) is 0 Å². The predicted octanol–water partition coefficient (Wildman–Crippen LogP) is 3.37. The molecule has 1 aromatic heterocycles.